The second-order valence-electron chi connectivity index (χ2n) is 19.0. The average molecular weight is 702 g/mol. The number of benzene rings is 2. The molecule has 5 nitrogen and oxygen atoms in total. The number of hydrogen-bond acceptors (Lipinski definition) is 3. The smallest absolute Gasteiger partial charge is 0.0889 e. The first-order valence-corrected chi connectivity index (χ1v) is 18.9. The summed E-state index contributed by atoms with van der Waals surface area (Å²) >= 11 is 0. The van der Waals surface area contributed by atoms with E-state index in [-0.39, 0.29) is 21.7 Å². The first-order chi connectivity index (χ1) is 24.6. The van der Waals surface area contributed by atoms with Gasteiger partial charge in [0.15, 0.2) is 0 Å². The Morgan fingerprint density at radius 2 is 0.736 bits per heavy atom. The van der Waals surface area contributed by atoms with Gasteiger partial charge in [0.1, 0.15) is 0 Å². The Balaban J connectivity index is 1.57. The van der Waals surface area contributed by atoms with Gasteiger partial charge in [0, 0.05) is 33.2 Å². The van der Waals surface area contributed by atoms with Gasteiger partial charge in [-0.15, -0.1) is 0 Å². The molecule has 0 radical (unpaired) electrons. The minimum atomic E-state index is -0.0307. The summed E-state index contributed by atoms with van der Waals surface area (Å²) in [7, 11) is 0. The summed E-state index contributed by atoms with van der Waals surface area (Å²) < 4.78 is 0. The summed E-state index contributed by atoms with van der Waals surface area (Å²) in [4.78, 5) is 17.9. The van der Waals surface area contributed by atoms with Crippen LogP contribution in [0.15, 0.2) is 66.7 Å². The highest BCUT2D eigenvalue weighted by molar-refractivity contribution is 5.95. The van der Waals surface area contributed by atoms with Gasteiger partial charge in [0.25, 0.3) is 0 Å². The second-order valence-corrected chi connectivity index (χ2v) is 19.0. The molecular weight excluding hydrogens is 647 g/mol. The summed E-state index contributed by atoms with van der Waals surface area (Å²) in [6.07, 6.45) is 8.22. The Hall–Kier alpha value is -5.16. The number of nitrogens with two attached hydrogens (primary N) is 1. The molecule has 2 aromatic carbocycles. The largest absolute Gasteiger partial charge is 0.395 e. The van der Waals surface area contributed by atoms with Crippen molar-refractivity contribution in [2.75, 3.05) is 5.73 Å². The third-order valence-electron chi connectivity index (χ3n) is 10.5. The van der Waals surface area contributed by atoms with Crippen LogP contribution in [0.2, 0.25) is 0 Å². The van der Waals surface area contributed by atoms with Crippen molar-refractivity contribution in [3.05, 3.63) is 112 Å². The van der Waals surface area contributed by atoms with Crippen molar-refractivity contribution in [1.82, 2.24) is 19.9 Å². The lowest BCUT2D eigenvalue weighted by Crippen LogP contribution is -2.16. The third-order valence-corrected chi connectivity index (χ3v) is 10.5. The number of nitrogens with one attached hydrogen (secondary N) is 2. The molecule has 4 N–H and O–H groups in total. The fourth-order valence-corrected chi connectivity index (χ4v) is 7.04. The molecule has 5 heterocycles. The van der Waals surface area contributed by atoms with Crippen LogP contribution in [0.4, 0.5) is 5.69 Å². The van der Waals surface area contributed by atoms with Crippen LogP contribution in [-0.2, 0) is 21.7 Å². The van der Waals surface area contributed by atoms with Crippen LogP contribution in [0.5, 0.6) is 0 Å². The predicted octanol–water partition coefficient (Wildman–Crippen LogP) is 12.8. The molecule has 7 rings (SSSR count). The Kier molecular flexibility index (Phi) is 8.52. The van der Waals surface area contributed by atoms with Crippen LogP contribution in [0, 0.1) is 0 Å². The number of rotatable bonds is 2. The normalized spacial score (nSPS) is 13.6. The molecule has 2 aliphatic heterocycles. The van der Waals surface area contributed by atoms with Crippen molar-refractivity contribution in [1.29, 1.82) is 0 Å². The van der Waals surface area contributed by atoms with Crippen molar-refractivity contribution in [3.8, 4) is 22.3 Å². The van der Waals surface area contributed by atoms with E-state index >= 15 is 0 Å². The third kappa shape index (κ3) is 7.14. The number of nitrogen functional groups attached to an aromatic ring is 1. The first-order valence-electron chi connectivity index (χ1n) is 18.9. The predicted molar refractivity (Wildman–Crippen MR) is 229 cm³/mol. The quantitative estimate of drug-likeness (QED) is 0.168. The summed E-state index contributed by atoms with van der Waals surface area (Å²) in [6, 6.07) is 24.8. The highest BCUT2D eigenvalue weighted by Gasteiger charge is 2.25. The molecule has 0 saturated heterocycles. The van der Waals surface area contributed by atoms with Gasteiger partial charge in [0.05, 0.1) is 28.5 Å². The van der Waals surface area contributed by atoms with Crippen LogP contribution in [0.25, 0.3) is 68.6 Å². The Labute approximate surface area is 315 Å². The lowest BCUT2D eigenvalue weighted by Gasteiger charge is -2.26. The first kappa shape index (κ1) is 36.2. The standard InChI is InChI=1S/C48H55N5/c1-45(2,3)30-21-28(22-31(25-30)46(4,5)6)42-36-15-13-34(50-36)27-35-14-16-37(51-35)43(29-23-32(47(7,8)9)26-33(24-29)48(10,11)12)39-18-20-41(53-39)44(49)40-19-17-38(42)52-40/h13-27,50-51H,49H2,1-12H3. The SMILES string of the molecule is CC(C)(C)c1cc(-c2c3nc(c(N)c4nc(c(-c5cc(C(C)(C)C)cc(C(C)(C)C)c5)c5ccc(cc6ccc2[nH]6)[nH]5)C=C4)C=C3)cc(C(C)(C)C)c1. The van der Waals surface area contributed by atoms with Gasteiger partial charge in [-0.1, -0.05) is 119 Å². The molecule has 53 heavy (non-hydrogen) atoms. The maximum absolute atomic E-state index is 6.97. The van der Waals surface area contributed by atoms with Crippen LogP contribution >= 0.6 is 0 Å². The van der Waals surface area contributed by atoms with Crippen LogP contribution in [0.1, 0.15) is 128 Å². The van der Waals surface area contributed by atoms with Gasteiger partial charge in [-0.05, 0) is 110 Å². The summed E-state index contributed by atoms with van der Waals surface area (Å²) in [5, 5.41) is 0. The minimum absolute atomic E-state index is 0.0307. The van der Waals surface area contributed by atoms with Crippen molar-refractivity contribution < 1.29 is 0 Å². The van der Waals surface area contributed by atoms with Gasteiger partial charge in [-0.3, -0.25) is 0 Å². The lowest BCUT2D eigenvalue weighted by atomic mass is 9.78. The molecule has 0 saturated carbocycles. The zero-order valence-electron chi connectivity index (χ0n) is 33.6. The van der Waals surface area contributed by atoms with Crippen molar-refractivity contribution in [2.24, 2.45) is 0 Å². The molecule has 0 atom stereocenters. The lowest BCUT2D eigenvalue weighted by molar-refractivity contribution is 0.568. The highest BCUT2D eigenvalue weighted by atomic mass is 14.8. The van der Waals surface area contributed by atoms with E-state index in [9.17, 15) is 0 Å². The van der Waals surface area contributed by atoms with Crippen LogP contribution < -0.4 is 5.73 Å². The Bertz CT molecular complexity index is 2250. The van der Waals surface area contributed by atoms with E-state index in [1.165, 1.54) is 22.3 Å². The fraction of sp³-hybridized carbons (Fsp3) is 0.333. The number of nitrogens with zero attached hydrogens (tertiary/aromatic N) is 2. The summed E-state index contributed by atoms with van der Waals surface area (Å²) in [5.41, 5.74) is 24.0. The molecule has 5 heteroatoms. The molecular formula is C48H55N5. The van der Waals surface area contributed by atoms with Gasteiger partial charge >= 0.3 is 0 Å². The van der Waals surface area contributed by atoms with Gasteiger partial charge in [0.2, 0.25) is 0 Å². The number of hydrogen-bond donors (Lipinski definition) is 3. The zero-order valence-corrected chi connectivity index (χ0v) is 33.6. The van der Waals surface area contributed by atoms with Crippen LogP contribution in [-0.4, -0.2) is 19.9 Å². The number of anilines is 1. The number of aromatic amines is 2. The molecule has 272 valence electrons. The van der Waals surface area contributed by atoms with Gasteiger partial charge < -0.3 is 15.7 Å². The van der Waals surface area contributed by atoms with Gasteiger partial charge in [-0.2, -0.15) is 0 Å². The molecule has 5 aromatic rings. The molecule has 2 aliphatic rings. The maximum atomic E-state index is 6.97. The van der Waals surface area contributed by atoms with E-state index in [0.717, 1.165) is 55.7 Å². The Morgan fingerprint density at radius 3 is 1.06 bits per heavy atom. The van der Waals surface area contributed by atoms with Crippen molar-refractivity contribution in [2.45, 2.75) is 105 Å². The number of fused-ring (bicyclic) bond motifs is 8. The molecule has 3 aromatic heterocycles. The average Bonchev–Trinajstić information content (AvgIpc) is 3.88. The fourth-order valence-electron chi connectivity index (χ4n) is 7.04. The van der Waals surface area contributed by atoms with Crippen molar-refractivity contribution >= 4 is 52.1 Å². The van der Waals surface area contributed by atoms with Gasteiger partial charge in [-0.25, -0.2) is 9.97 Å². The monoisotopic (exact) mass is 701 g/mol. The summed E-state index contributed by atoms with van der Waals surface area (Å²) in [5.74, 6) is 0. The van der Waals surface area contributed by atoms with Crippen molar-refractivity contribution in [3.63, 3.8) is 0 Å². The Morgan fingerprint density at radius 1 is 0.415 bits per heavy atom. The van der Waals surface area contributed by atoms with E-state index in [2.05, 4.69) is 172 Å². The number of H-pyrrole nitrogens is 2. The second kappa shape index (κ2) is 12.5. The van der Waals surface area contributed by atoms with E-state index in [4.69, 9.17) is 15.7 Å². The zero-order chi connectivity index (χ0) is 38.2. The van der Waals surface area contributed by atoms with E-state index in [0.29, 0.717) is 17.1 Å². The molecule has 8 bridgehead atoms. The molecule has 0 fully saturated rings. The molecule has 0 aliphatic carbocycles. The highest BCUT2D eigenvalue weighted by Crippen LogP contribution is 2.40. The number of aromatic nitrogens is 4. The maximum Gasteiger partial charge on any atom is 0.0889 e. The molecule has 0 amide bonds. The van der Waals surface area contributed by atoms with Crippen LogP contribution in [0.3, 0.4) is 0 Å². The summed E-state index contributed by atoms with van der Waals surface area (Å²) in [6.45, 7) is 27.3. The van der Waals surface area contributed by atoms with E-state index in [1.807, 2.05) is 12.2 Å². The molecule has 0 spiro atoms. The molecule has 0 unspecified atom stereocenters. The van der Waals surface area contributed by atoms with E-state index < -0.39 is 0 Å². The van der Waals surface area contributed by atoms with E-state index in [1.54, 1.807) is 0 Å². The topological polar surface area (TPSA) is 83.4 Å². The minimum Gasteiger partial charge on any atom is -0.395 e.